The van der Waals surface area contributed by atoms with Gasteiger partial charge in [-0.05, 0) is 84.4 Å². The molecule has 2 saturated carbocycles. The van der Waals surface area contributed by atoms with Crippen molar-refractivity contribution in [1.29, 1.82) is 0 Å². The van der Waals surface area contributed by atoms with Crippen molar-refractivity contribution in [3.05, 3.63) is 124 Å². The van der Waals surface area contributed by atoms with E-state index in [1.54, 1.807) is 24.3 Å². The number of aliphatic hydroxyl groups excluding tert-OH is 5. The summed E-state index contributed by atoms with van der Waals surface area (Å²) in [5, 5.41) is 77.7. The number of dihydropyridines is 1. The molecule has 7 bridgehead atoms. The third-order valence-electron chi connectivity index (χ3n) is 15.7. The highest BCUT2D eigenvalue weighted by Crippen LogP contribution is 2.68. The van der Waals surface area contributed by atoms with E-state index in [0.717, 1.165) is 36.7 Å². The van der Waals surface area contributed by atoms with Gasteiger partial charge in [-0.1, -0.05) is 88.7 Å². The highest BCUT2D eigenvalue weighted by atomic mass is 33.1. The van der Waals surface area contributed by atoms with Crippen molar-refractivity contribution < 1.29 is 54.5 Å². The van der Waals surface area contributed by atoms with Gasteiger partial charge in [-0.25, -0.2) is 0 Å². The fourth-order valence-electron chi connectivity index (χ4n) is 12.5. The first-order valence-corrected chi connectivity index (χ1v) is 24.2. The van der Waals surface area contributed by atoms with Crippen LogP contribution in [0.1, 0.15) is 70.4 Å². The summed E-state index contributed by atoms with van der Waals surface area (Å²) in [6.07, 6.45) is 10.7. The maximum absolute atomic E-state index is 15.3. The lowest BCUT2D eigenvalue weighted by molar-refractivity contribution is -0.355. The van der Waals surface area contributed by atoms with Crippen molar-refractivity contribution in [2.75, 3.05) is 24.8 Å². The number of rotatable bonds is 5. The number of benzene rings is 2. The van der Waals surface area contributed by atoms with Gasteiger partial charge in [-0.2, -0.15) is 0 Å². The van der Waals surface area contributed by atoms with Crippen LogP contribution in [0.25, 0.3) is 0 Å². The van der Waals surface area contributed by atoms with E-state index < -0.39 is 70.5 Å². The summed E-state index contributed by atoms with van der Waals surface area (Å²) in [7, 11) is 2.76. The largest absolute Gasteiger partial charge is 0.511 e. The normalized spacial score (nSPS) is 39.2. The van der Waals surface area contributed by atoms with Gasteiger partial charge in [0.05, 0.1) is 36.4 Å². The smallest absolute Gasteiger partial charge is 0.230 e. The van der Waals surface area contributed by atoms with Crippen LogP contribution in [0.5, 0.6) is 5.75 Å². The summed E-state index contributed by atoms with van der Waals surface area (Å²) in [5.41, 5.74) is -4.31. The maximum atomic E-state index is 15.3. The Bertz CT molecular complexity index is 2420. The summed E-state index contributed by atoms with van der Waals surface area (Å²) in [6.45, 7) is -0.502. The second-order valence-electron chi connectivity index (χ2n) is 18.7. The molecule has 13 nitrogen and oxygen atoms in total. The predicted molar refractivity (Wildman–Crippen MR) is 235 cm³/mol. The zero-order valence-electron chi connectivity index (χ0n) is 34.6. The highest BCUT2D eigenvalue weighted by molar-refractivity contribution is 8.76. The lowest BCUT2D eigenvalue weighted by atomic mass is 9.53. The van der Waals surface area contributed by atoms with Crippen LogP contribution in [0.15, 0.2) is 102 Å². The van der Waals surface area contributed by atoms with Crippen molar-refractivity contribution in [3.8, 4) is 5.75 Å². The Balaban J connectivity index is 1.10. The van der Waals surface area contributed by atoms with Crippen molar-refractivity contribution >= 4 is 39.4 Å². The minimum Gasteiger partial charge on any atom is -0.511 e. The Hall–Kier alpha value is -4.19. The molecule has 3 spiro atoms. The Morgan fingerprint density at radius 3 is 2.62 bits per heavy atom. The summed E-state index contributed by atoms with van der Waals surface area (Å²) in [6, 6.07) is 11.9. The lowest BCUT2D eigenvalue weighted by Crippen LogP contribution is -2.78. The molecule has 11 atom stereocenters. The monoisotopic (exact) mass is 896 g/mol. The van der Waals surface area contributed by atoms with Crippen molar-refractivity contribution in [3.63, 3.8) is 0 Å². The minimum atomic E-state index is -2.39. The van der Waals surface area contributed by atoms with Gasteiger partial charge in [0.1, 0.15) is 46.6 Å². The number of hydrogen-bond donors (Lipinski definition) is 8. The number of nitrogens with one attached hydrogen (secondary N) is 2. The summed E-state index contributed by atoms with van der Waals surface area (Å²) in [5.74, 6) is -2.58. The van der Waals surface area contributed by atoms with Crippen molar-refractivity contribution in [2.24, 2.45) is 34.0 Å². The average Bonchev–Trinajstić information content (AvgIpc) is 3.89. The van der Waals surface area contributed by atoms with Crippen LogP contribution in [0, 0.1) is 34.0 Å². The Morgan fingerprint density at radius 2 is 1.81 bits per heavy atom. The number of carbonyl (C=O) groups excluding carboxylic acids is 3. The molecule has 2 aromatic rings. The van der Waals surface area contributed by atoms with E-state index in [2.05, 4.69) is 16.7 Å². The van der Waals surface area contributed by atoms with Crippen molar-refractivity contribution in [1.82, 2.24) is 10.6 Å². The molecule has 3 fully saturated rings. The molecule has 8 N–H and O–H groups in total. The number of carbonyl (C=O) groups is 3. The molecule has 332 valence electrons. The van der Waals surface area contributed by atoms with Crippen LogP contribution in [0.3, 0.4) is 0 Å². The molecule has 3 heterocycles. The first kappa shape index (κ1) is 42.7. The molecule has 2 aromatic carbocycles. The van der Waals surface area contributed by atoms with Crippen LogP contribution in [-0.4, -0.2) is 103 Å². The topological polar surface area (TPSA) is 215 Å². The number of Topliss-reactive ketones (excluding diaryl/α,β-unsaturated/α-hetero) is 2. The number of aldehydes is 1. The molecule has 11 unspecified atom stereocenters. The second kappa shape index (κ2) is 15.8. The Kier molecular flexibility index (Phi) is 10.7. The summed E-state index contributed by atoms with van der Waals surface area (Å²) < 4.78 is 12.8. The minimum absolute atomic E-state index is 0.00376. The van der Waals surface area contributed by atoms with Crippen molar-refractivity contribution in [2.45, 2.75) is 81.3 Å². The summed E-state index contributed by atoms with van der Waals surface area (Å²) in [4.78, 5) is 42.8. The van der Waals surface area contributed by atoms with E-state index in [1.165, 1.54) is 45.9 Å². The molecule has 3 aliphatic heterocycles. The van der Waals surface area contributed by atoms with E-state index in [4.69, 9.17) is 9.47 Å². The lowest BCUT2D eigenvalue weighted by Gasteiger charge is -2.60. The number of fused-ring (bicyclic) bond motifs is 5. The number of ketones is 2. The molecular formula is C48H52N2O11S2. The third kappa shape index (κ3) is 6.32. The Labute approximate surface area is 372 Å². The molecule has 10 rings (SSSR count). The fraction of sp³-hybridized carbons (Fsp3) is 0.479. The fourth-order valence-corrected chi connectivity index (χ4v) is 14.7. The predicted octanol–water partition coefficient (Wildman–Crippen LogP) is 4.36. The number of allylic oxidation sites excluding steroid dienone is 6. The first-order chi connectivity index (χ1) is 30.4. The van der Waals surface area contributed by atoms with E-state index in [0.29, 0.717) is 55.1 Å². The van der Waals surface area contributed by atoms with Crippen LogP contribution >= 0.6 is 21.6 Å². The van der Waals surface area contributed by atoms with Gasteiger partial charge in [-0.15, -0.1) is 0 Å². The molecule has 5 aliphatic carbocycles. The van der Waals surface area contributed by atoms with Gasteiger partial charge >= 0.3 is 0 Å². The number of ether oxygens (including phenoxy) is 2. The molecule has 0 radical (unpaired) electrons. The van der Waals surface area contributed by atoms with Gasteiger partial charge in [0.25, 0.3) is 0 Å². The Morgan fingerprint density at radius 1 is 0.984 bits per heavy atom. The molecule has 1 saturated heterocycles. The molecule has 8 aliphatic rings. The first-order valence-electron chi connectivity index (χ1n) is 21.7. The molecular weight excluding hydrogens is 845 g/mol. The van der Waals surface area contributed by atoms with Gasteiger partial charge in [0.2, 0.25) is 6.29 Å². The second-order valence-corrected chi connectivity index (χ2v) is 21.1. The van der Waals surface area contributed by atoms with E-state index >= 15 is 4.79 Å². The van der Waals surface area contributed by atoms with Crippen LogP contribution in [0.2, 0.25) is 0 Å². The molecule has 63 heavy (non-hydrogen) atoms. The average molecular weight is 897 g/mol. The van der Waals surface area contributed by atoms with E-state index in [9.17, 15) is 40.2 Å². The highest BCUT2D eigenvalue weighted by Gasteiger charge is 2.72. The standard InChI is InChI=1S/C48H52N2O11S2/c51-21-28-5-1-4-27(16-28)17-29-18-33-39(55)32-7-2-8-34-38(32)40(56)47(33,36(54)19-29)25-62-63-26-50-37-20-30(10-15-49-37)45(14-13-44(23-45)11-3-6-31(44)22-52)35-9-12-46(24-53)43(58)48(35,59)41(57)42(60-34)61-46/h1-2,4-5,7-10,12,16,18-20,22,31,33,35,41-43,49-51,53-54,57-59H,3,6,11,13-15,17,21,23-26H2. The van der Waals surface area contributed by atoms with Crippen LogP contribution < -0.4 is 15.4 Å². The molecule has 15 heteroatoms. The number of hydrogen-bond acceptors (Lipinski definition) is 15. The zero-order chi connectivity index (χ0) is 43.9. The maximum Gasteiger partial charge on any atom is 0.230 e. The number of aliphatic hydroxyl groups is 6. The van der Waals surface area contributed by atoms with E-state index in [-0.39, 0.29) is 46.3 Å². The quantitative estimate of drug-likeness (QED) is 0.119. The van der Waals surface area contributed by atoms with Gasteiger partial charge in [0, 0.05) is 35.1 Å². The SMILES string of the molecule is O=CC1CCCC12CCC1(C2)C2=CCNC(=C2)NCSSCC23C(=O)c4c(cccc4C(=O)C2C=C(Cc2cccc(CO)c2)C=C3O)OC2OC3(CO)C=CC1C(O)(C2O)C3O. The van der Waals surface area contributed by atoms with Crippen LogP contribution in [-0.2, 0) is 22.6 Å². The summed E-state index contributed by atoms with van der Waals surface area (Å²) >= 11 is 0. The third-order valence-corrected chi connectivity index (χ3v) is 17.9. The van der Waals surface area contributed by atoms with Crippen LogP contribution in [0.4, 0.5) is 0 Å². The molecule has 0 aromatic heterocycles. The van der Waals surface area contributed by atoms with Gasteiger partial charge in [-0.3, -0.25) is 9.59 Å². The molecule has 0 amide bonds. The van der Waals surface area contributed by atoms with E-state index in [1.807, 2.05) is 24.3 Å². The van der Waals surface area contributed by atoms with Gasteiger partial charge < -0.3 is 55.5 Å². The van der Waals surface area contributed by atoms with Gasteiger partial charge in [0.15, 0.2) is 11.6 Å². The zero-order valence-corrected chi connectivity index (χ0v) is 36.2.